The van der Waals surface area contributed by atoms with Gasteiger partial charge in [-0.05, 0) is 51.8 Å². The lowest BCUT2D eigenvalue weighted by atomic mass is 10.1. The van der Waals surface area contributed by atoms with Gasteiger partial charge in [-0.25, -0.2) is 0 Å². The molecule has 1 N–H and O–H groups in total. The van der Waals surface area contributed by atoms with Crippen LogP contribution in [0.5, 0.6) is 0 Å². The number of hydrogen-bond donors (Lipinski definition) is 1. The molecule has 0 spiro atoms. The summed E-state index contributed by atoms with van der Waals surface area (Å²) in [6.45, 7) is 6.25. The Morgan fingerprint density at radius 2 is 1.95 bits per heavy atom. The molecule has 0 unspecified atom stereocenters. The summed E-state index contributed by atoms with van der Waals surface area (Å²) in [5, 5.41) is 14.6. The smallest absolute Gasteiger partial charge is 0.269 e. The largest absolute Gasteiger partial charge is 0.279 e. The fourth-order valence-corrected chi connectivity index (χ4v) is 1.61. The van der Waals surface area contributed by atoms with Crippen LogP contribution in [0.15, 0.2) is 52.7 Å². The SMILES string of the molecule is CC(C)=CCC/C(C)=C/C=N\Nc1ccc([N+](=O)[O-])cc1. The molecule has 0 amide bonds. The highest BCUT2D eigenvalue weighted by molar-refractivity contribution is 5.73. The maximum Gasteiger partial charge on any atom is 0.269 e. The van der Waals surface area contributed by atoms with Crippen molar-refractivity contribution in [1.82, 2.24) is 0 Å². The van der Waals surface area contributed by atoms with E-state index < -0.39 is 4.92 Å². The number of non-ortho nitro benzene ring substituents is 1. The lowest BCUT2D eigenvalue weighted by Gasteiger charge is -1.99. The Morgan fingerprint density at radius 3 is 2.52 bits per heavy atom. The minimum atomic E-state index is -0.425. The summed E-state index contributed by atoms with van der Waals surface area (Å²) < 4.78 is 0. The van der Waals surface area contributed by atoms with E-state index in [1.165, 1.54) is 23.3 Å². The fourth-order valence-electron chi connectivity index (χ4n) is 1.61. The minimum Gasteiger partial charge on any atom is -0.279 e. The Bertz CT molecular complexity index is 553. The maximum absolute atomic E-state index is 10.5. The molecule has 0 aromatic heterocycles. The number of rotatable bonds is 7. The van der Waals surface area contributed by atoms with E-state index in [0.717, 1.165) is 12.8 Å². The highest BCUT2D eigenvalue weighted by atomic mass is 16.6. The van der Waals surface area contributed by atoms with Crippen molar-refractivity contribution >= 4 is 17.6 Å². The fraction of sp³-hybridized carbons (Fsp3) is 0.312. The Labute approximate surface area is 125 Å². The third-order valence-electron chi connectivity index (χ3n) is 2.80. The highest BCUT2D eigenvalue weighted by Crippen LogP contribution is 2.15. The lowest BCUT2D eigenvalue weighted by molar-refractivity contribution is -0.384. The number of hydrazone groups is 1. The summed E-state index contributed by atoms with van der Waals surface area (Å²) >= 11 is 0. The Morgan fingerprint density at radius 1 is 1.29 bits per heavy atom. The molecule has 0 aliphatic carbocycles. The Kier molecular flexibility index (Phi) is 6.87. The number of hydrogen-bond acceptors (Lipinski definition) is 4. The minimum absolute atomic E-state index is 0.0690. The van der Waals surface area contributed by atoms with Crippen molar-refractivity contribution < 1.29 is 4.92 Å². The standard InChI is InChI=1S/C16H21N3O2/c1-13(2)5-4-6-14(3)11-12-17-18-15-7-9-16(10-8-15)19(20)21/h5,7-12,18H,4,6H2,1-3H3/b14-11+,17-12-. The van der Waals surface area contributed by atoms with Crippen molar-refractivity contribution in [3.63, 3.8) is 0 Å². The van der Waals surface area contributed by atoms with Crippen LogP contribution < -0.4 is 5.43 Å². The average Bonchev–Trinajstić information content (AvgIpc) is 2.43. The molecule has 0 saturated heterocycles. The molecule has 1 aromatic rings. The number of nitro groups is 1. The zero-order chi connectivity index (χ0) is 15.7. The Hall–Kier alpha value is -2.43. The highest BCUT2D eigenvalue weighted by Gasteiger charge is 2.02. The van der Waals surface area contributed by atoms with Crippen LogP contribution in [-0.2, 0) is 0 Å². The molecule has 5 heteroatoms. The molecule has 5 nitrogen and oxygen atoms in total. The van der Waals surface area contributed by atoms with Crippen molar-refractivity contribution in [1.29, 1.82) is 0 Å². The molecule has 0 heterocycles. The molecule has 1 aromatic carbocycles. The van der Waals surface area contributed by atoms with E-state index >= 15 is 0 Å². The predicted molar refractivity (Wildman–Crippen MR) is 87.6 cm³/mol. The van der Waals surface area contributed by atoms with Gasteiger partial charge in [0.15, 0.2) is 0 Å². The van der Waals surface area contributed by atoms with E-state index in [-0.39, 0.29) is 5.69 Å². The zero-order valence-corrected chi connectivity index (χ0v) is 12.7. The molecule has 21 heavy (non-hydrogen) atoms. The number of anilines is 1. The molecule has 0 atom stereocenters. The van der Waals surface area contributed by atoms with Gasteiger partial charge in [-0.2, -0.15) is 5.10 Å². The summed E-state index contributed by atoms with van der Waals surface area (Å²) in [4.78, 5) is 10.1. The first-order valence-electron chi connectivity index (χ1n) is 6.81. The molecule has 0 aliphatic heterocycles. The van der Waals surface area contributed by atoms with Gasteiger partial charge in [0.1, 0.15) is 0 Å². The van der Waals surface area contributed by atoms with Crippen molar-refractivity contribution in [2.45, 2.75) is 33.6 Å². The molecule has 0 radical (unpaired) electrons. The van der Waals surface area contributed by atoms with Crippen LogP contribution in [0.1, 0.15) is 33.6 Å². The third-order valence-corrected chi connectivity index (χ3v) is 2.80. The molecular weight excluding hydrogens is 266 g/mol. The second-order valence-electron chi connectivity index (χ2n) is 5.03. The second-order valence-corrected chi connectivity index (χ2v) is 5.03. The summed E-state index contributed by atoms with van der Waals surface area (Å²) in [6, 6.07) is 6.14. The van der Waals surface area contributed by atoms with Gasteiger partial charge in [0.25, 0.3) is 5.69 Å². The molecule has 112 valence electrons. The number of nitro benzene ring substituents is 1. The molecule has 0 aliphatic rings. The van der Waals surface area contributed by atoms with Crippen LogP contribution in [-0.4, -0.2) is 11.1 Å². The normalized spacial score (nSPS) is 11.5. The van der Waals surface area contributed by atoms with Crippen molar-refractivity contribution in [3.05, 3.63) is 57.7 Å². The van der Waals surface area contributed by atoms with Gasteiger partial charge < -0.3 is 0 Å². The summed E-state index contributed by atoms with van der Waals surface area (Å²) in [5.41, 5.74) is 6.20. The average molecular weight is 287 g/mol. The van der Waals surface area contributed by atoms with Gasteiger partial charge in [0, 0.05) is 18.3 Å². The quantitative estimate of drug-likeness (QED) is 0.342. The third kappa shape index (κ3) is 7.06. The van der Waals surface area contributed by atoms with E-state index in [0.29, 0.717) is 5.69 Å². The van der Waals surface area contributed by atoms with Gasteiger partial charge in [0.05, 0.1) is 10.6 Å². The van der Waals surface area contributed by atoms with Gasteiger partial charge in [-0.15, -0.1) is 0 Å². The molecule has 1 rings (SSSR count). The number of benzene rings is 1. The Balaban J connectivity index is 2.43. The number of nitrogens with one attached hydrogen (secondary N) is 1. The van der Waals surface area contributed by atoms with Gasteiger partial charge in [-0.3, -0.25) is 15.5 Å². The van der Waals surface area contributed by atoms with Crippen LogP contribution in [0.25, 0.3) is 0 Å². The monoisotopic (exact) mass is 287 g/mol. The van der Waals surface area contributed by atoms with E-state index in [9.17, 15) is 10.1 Å². The summed E-state index contributed by atoms with van der Waals surface area (Å²) in [6.07, 6.45) is 7.91. The summed E-state index contributed by atoms with van der Waals surface area (Å²) in [7, 11) is 0. The van der Waals surface area contributed by atoms with Crippen LogP contribution in [0.3, 0.4) is 0 Å². The van der Waals surface area contributed by atoms with Crippen LogP contribution in [0.4, 0.5) is 11.4 Å². The van der Waals surface area contributed by atoms with Crippen molar-refractivity contribution in [2.24, 2.45) is 5.10 Å². The van der Waals surface area contributed by atoms with E-state index in [4.69, 9.17) is 0 Å². The van der Waals surface area contributed by atoms with E-state index in [1.807, 2.05) is 6.08 Å². The van der Waals surface area contributed by atoms with E-state index in [1.54, 1.807) is 18.3 Å². The first-order chi connectivity index (χ1) is 9.99. The van der Waals surface area contributed by atoms with Gasteiger partial charge in [-0.1, -0.05) is 17.2 Å². The molecule has 0 saturated carbocycles. The first kappa shape index (κ1) is 16.6. The topological polar surface area (TPSA) is 67.5 Å². The zero-order valence-electron chi connectivity index (χ0n) is 12.7. The maximum atomic E-state index is 10.5. The number of nitrogens with zero attached hydrogens (tertiary/aromatic N) is 2. The second kappa shape index (κ2) is 8.68. The van der Waals surface area contributed by atoms with Gasteiger partial charge in [0.2, 0.25) is 0 Å². The van der Waals surface area contributed by atoms with Crippen LogP contribution >= 0.6 is 0 Å². The van der Waals surface area contributed by atoms with Crippen LogP contribution in [0.2, 0.25) is 0 Å². The van der Waals surface area contributed by atoms with Crippen molar-refractivity contribution in [2.75, 3.05) is 5.43 Å². The first-order valence-corrected chi connectivity index (χ1v) is 6.81. The number of allylic oxidation sites excluding steroid dienone is 4. The lowest BCUT2D eigenvalue weighted by Crippen LogP contribution is -1.91. The molecular formula is C16H21N3O2. The van der Waals surface area contributed by atoms with Crippen LogP contribution in [0, 0.1) is 10.1 Å². The summed E-state index contributed by atoms with van der Waals surface area (Å²) in [5.74, 6) is 0. The predicted octanol–water partition coefficient (Wildman–Crippen LogP) is 4.69. The molecule has 0 fully saturated rings. The van der Waals surface area contributed by atoms with Gasteiger partial charge >= 0.3 is 0 Å². The van der Waals surface area contributed by atoms with E-state index in [2.05, 4.69) is 37.4 Å². The molecule has 0 bridgehead atoms. The van der Waals surface area contributed by atoms with Crippen molar-refractivity contribution in [3.8, 4) is 0 Å².